The number of ether oxygens (including phenoxy) is 13. The number of esters is 1. The molecule has 0 saturated carbocycles. The number of hydrogen-bond donors (Lipinski definition) is 0. The number of hydrogen-bond acceptors (Lipinski definition) is 14. The van der Waals surface area contributed by atoms with E-state index >= 15 is 0 Å². The predicted octanol–water partition coefficient (Wildman–Crippen LogP) is 5.45. The molecule has 0 aromatic carbocycles. The zero-order valence-electron chi connectivity index (χ0n) is 34.4. The summed E-state index contributed by atoms with van der Waals surface area (Å²) in [5.41, 5.74) is 0. The third-order valence-electron chi connectivity index (χ3n) is 7.71. The lowest BCUT2D eigenvalue weighted by Crippen LogP contribution is -2.15. The van der Waals surface area contributed by atoms with Crippen molar-refractivity contribution in [3.05, 3.63) is 0 Å². The molecule has 0 spiro atoms. The molecule has 0 heterocycles. The molecule has 0 aromatic rings. The van der Waals surface area contributed by atoms with E-state index in [4.69, 9.17) is 61.6 Å². The Morgan fingerprint density at radius 1 is 0.259 bits per heavy atom. The van der Waals surface area contributed by atoms with E-state index in [-0.39, 0.29) is 12.6 Å². The highest BCUT2D eigenvalue weighted by Crippen LogP contribution is 2.07. The van der Waals surface area contributed by atoms with E-state index in [0.717, 1.165) is 25.9 Å². The molecule has 0 atom stereocenters. The molecule has 0 N–H and O–H groups in total. The van der Waals surface area contributed by atoms with Gasteiger partial charge in [0.2, 0.25) is 0 Å². The quantitative estimate of drug-likeness (QED) is 0.0571. The first-order valence-electron chi connectivity index (χ1n) is 20.9. The van der Waals surface area contributed by atoms with Crippen LogP contribution in [-0.4, -0.2) is 171 Å². The minimum Gasteiger partial charge on any atom is -0.463 e. The minimum absolute atomic E-state index is 0.143. The molecule has 0 unspecified atom stereocenters. The van der Waals surface area contributed by atoms with Gasteiger partial charge in [0, 0.05) is 13.0 Å². The standard InChI is InChI=1S/C40H80O14/c1-3-5-7-9-10-12-14-40(41)54-39-38-53-37-36-52-35-34-51-33-32-50-31-30-49-29-28-48-27-26-47-25-24-46-23-22-45-21-20-44-19-18-43-17-16-42-15-13-11-8-6-4-2/h3-39H2,1-2H3. The lowest BCUT2D eigenvalue weighted by molar-refractivity contribution is -0.145. The average Bonchev–Trinajstić information content (AvgIpc) is 3.18. The van der Waals surface area contributed by atoms with Gasteiger partial charge in [0.1, 0.15) is 6.61 Å². The number of carbonyl (C=O) groups excluding carboxylic acids is 1. The van der Waals surface area contributed by atoms with E-state index in [2.05, 4.69) is 13.8 Å². The largest absolute Gasteiger partial charge is 0.463 e. The van der Waals surface area contributed by atoms with Gasteiger partial charge in [-0.2, -0.15) is 0 Å². The summed E-state index contributed by atoms with van der Waals surface area (Å²) in [6.07, 6.45) is 13.7. The van der Waals surface area contributed by atoms with Crippen LogP contribution in [0, 0.1) is 0 Å². The van der Waals surface area contributed by atoms with Crippen LogP contribution < -0.4 is 0 Å². The van der Waals surface area contributed by atoms with E-state index in [1.165, 1.54) is 51.4 Å². The molecule has 0 rings (SSSR count). The van der Waals surface area contributed by atoms with Gasteiger partial charge in [-0.25, -0.2) is 0 Å². The van der Waals surface area contributed by atoms with Crippen molar-refractivity contribution < 1.29 is 66.4 Å². The average molecular weight is 785 g/mol. The van der Waals surface area contributed by atoms with E-state index in [0.29, 0.717) is 158 Å². The Kier molecular flexibility index (Phi) is 49.1. The Bertz CT molecular complexity index is 691. The van der Waals surface area contributed by atoms with Crippen molar-refractivity contribution in [3.8, 4) is 0 Å². The predicted molar refractivity (Wildman–Crippen MR) is 208 cm³/mol. The second-order valence-corrected chi connectivity index (χ2v) is 12.5. The van der Waals surface area contributed by atoms with Crippen LogP contribution in [0.5, 0.6) is 0 Å². The van der Waals surface area contributed by atoms with Crippen LogP contribution in [-0.2, 0) is 66.4 Å². The fourth-order valence-electron chi connectivity index (χ4n) is 4.67. The van der Waals surface area contributed by atoms with Gasteiger partial charge in [-0.1, -0.05) is 71.6 Å². The van der Waals surface area contributed by atoms with Crippen molar-refractivity contribution in [2.75, 3.05) is 165 Å². The second-order valence-electron chi connectivity index (χ2n) is 12.5. The minimum atomic E-state index is -0.143. The summed E-state index contributed by atoms with van der Waals surface area (Å²) < 4.78 is 71.1. The second kappa shape index (κ2) is 50.0. The lowest BCUT2D eigenvalue weighted by atomic mass is 10.1. The molecular formula is C40H80O14. The van der Waals surface area contributed by atoms with E-state index in [1.807, 2.05) is 0 Å². The summed E-state index contributed by atoms with van der Waals surface area (Å²) in [5.74, 6) is -0.143. The highest BCUT2D eigenvalue weighted by molar-refractivity contribution is 5.69. The Labute approximate surface area is 328 Å². The summed E-state index contributed by atoms with van der Waals surface area (Å²) >= 11 is 0. The van der Waals surface area contributed by atoms with Gasteiger partial charge >= 0.3 is 5.97 Å². The van der Waals surface area contributed by atoms with Gasteiger partial charge < -0.3 is 61.6 Å². The van der Waals surface area contributed by atoms with Gasteiger partial charge in [-0.3, -0.25) is 4.79 Å². The molecule has 14 heteroatoms. The molecule has 14 nitrogen and oxygen atoms in total. The summed E-state index contributed by atoms with van der Waals surface area (Å²) in [5, 5.41) is 0. The molecule has 0 bridgehead atoms. The van der Waals surface area contributed by atoms with E-state index in [9.17, 15) is 4.79 Å². The first-order chi connectivity index (χ1) is 26.8. The highest BCUT2D eigenvalue weighted by atomic mass is 16.6. The lowest BCUT2D eigenvalue weighted by Gasteiger charge is -2.09. The monoisotopic (exact) mass is 785 g/mol. The summed E-state index contributed by atoms with van der Waals surface area (Å²) in [7, 11) is 0. The Hall–Kier alpha value is -1.01. The number of rotatable bonds is 49. The molecule has 0 aliphatic carbocycles. The molecule has 0 aliphatic rings. The summed E-state index contributed by atoms with van der Waals surface area (Å²) in [4.78, 5) is 11.7. The van der Waals surface area contributed by atoms with Crippen LogP contribution in [0.2, 0.25) is 0 Å². The summed E-state index contributed by atoms with van der Waals surface area (Å²) in [6.45, 7) is 17.3. The number of unbranched alkanes of at least 4 members (excludes halogenated alkanes) is 9. The topological polar surface area (TPSA) is 137 Å². The van der Waals surface area contributed by atoms with E-state index < -0.39 is 0 Å². The maximum Gasteiger partial charge on any atom is 0.305 e. The molecule has 0 aromatic heterocycles. The molecule has 54 heavy (non-hydrogen) atoms. The Morgan fingerprint density at radius 3 is 0.778 bits per heavy atom. The molecule has 0 radical (unpaired) electrons. The van der Waals surface area contributed by atoms with Gasteiger partial charge in [0.15, 0.2) is 0 Å². The van der Waals surface area contributed by atoms with Crippen molar-refractivity contribution in [2.24, 2.45) is 0 Å². The third-order valence-corrected chi connectivity index (χ3v) is 7.71. The molecule has 324 valence electrons. The molecule has 0 fully saturated rings. The SMILES string of the molecule is CCCCCCCCC(=O)OCCOCCOCCOCCOCCOCCOCCOCCOCCOCCOCCOCCOCCCCCCC. The summed E-state index contributed by atoms with van der Waals surface area (Å²) in [6, 6.07) is 0. The molecule has 0 aliphatic heterocycles. The first kappa shape index (κ1) is 53.0. The highest BCUT2D eigenvalue weighted by Gasteiger charge is 2.03. The van der Waals surface area contributed by atoms with Crippen molar-refractivity contribution in [1.82, 2.24) is 0 Å². The van der Waals surface area contributed by atoms with Crippen molar-refractivity contribution >= 4 is 5.97 Å². The Morgan fingerprint density at radius 2 is 0.481 bits per heavy atom. The van der Waals surface area contributed by atoms with E-state index in [1.54, 1.807) is 0 Å². The normalized spacial score (nSPS) is 11.5. The van der Waals surface area contributed by atoms with Crippen LogP contribution in [0.1, 0.15) is 90.9 Å². The van der Waals surface area contributed by atoms with Crippen molar-refractivity contribution in [1.29, 1.82) is 0 Å². The maximum atomic E-state index is 11.7. The first-order valence-corrected chi connectivity index (χ1v) is 20.9. The van der Waals surface area contributed by atoms with Gasteiger partial charge in [-0.15, -0.1) is 0 Å². The van der Waals surface area contributed by atoms with Gasteiger partial charge in [-0.05, 0) is 12.8 Å². The van der Waals surface area contributed by atoms with Crippen molar-refractivity contribution in [2.45, 2.75) is 90.9 Å². The van der Waals surface area contributed by atoms with Gasteiger partial charge in [0.25, 0.3) is 0 Å². The fraction of sp³-hybridized carbons (Fsp3) is 0.975. The number of carbonyl (C=O) groups is 1. The van der Waals surface area contributed by atoms with Crippen LogP contribution >= 0.6 is 0 Å². The fourth-order valence-corrected chi connectivity index (χ4v) is 4.67. The zero-order valence-corrected chi connectivity index (χ0v) is 34.4. The molecule has 0 saturated heterocycles. The molecule has 0 amide bonds. The van der Waals surface area contributed by atoms with Crippen LogP contribution in [0.4, 0.5) is 0 Å². The van der Waals surface area contributed by atoms with Crippen LogP contribution in [0.15, 0.2) is 0 Å². The molecular weight excluding hydrogens is 704 g/mol. The smallest absolute Gasteiger partial charge is 0.305 e. The van der Waals surface area contributed by atoms with Gasteiger partial charge in [0.05, 0.1) is 152 Å². The van der Waals surface area contributed by atoms with Crippen LogP contribution in [0.3, 0.4) is 0 Å². The van der Waals surface area contributed by atoms with Crippen molar-refractivity contribution in [3.63, 3.8) is 0 Å². The van der Waals surface area contributed by atoms with Crippen LogP contribution in [0.25, 0.3) is 0 Å². The Balaban J connectivity index is 3.09. The maximum absolute atomic E-state index is 11.7. The third kappa shape index (κ3) is 49.0. The zero-order chi connectivity index (χ0) is 38.9.